The van der Waals surface area contributed by atoms with Gasteiger partial charge in [-0.05, 0) is 24.7 Å². The fraction of sp³-hybridized carbons (Fsp3) is 1.00. The molecule has 0 aromatic carbocycles. The highest BCUT2D eigenvalue weighted by Gasteiger charge is 2.43. The fourth-order valence-electron chi connectivity index (χ4n) is 4.08. The molecule has 1 aliphatic heterocycles. The number of nitrogens with zero attached hydrogens (tertiary/aromatic N) is 1. The first-order valence-corrected chi connectivity index (χ1v) is 8.08. The van der Waals surface area contributed by atoms with Gasteiger partial charge in [-0.15, -0.1) is 0 Å². The Labute approximate surface area is 118 Å². The van der Waals surface area contributed by atoms with Crippen molar-refractivity contribution in [3.05, 3.63) is 0 Å². The van der Waals surface area contributed by atoms with Gasteiger partial charge in [0.25, 0.3) is 0 Å². The summed E-state index contributed by atoms with van der Waals surface area (Å²) in [5.74, 6) is 0. The number of rotatable bonds is 3. The van der Waals surface area contributed by atoms with Crippen LogP contribution in [0.2, 0.25) is 0 Å². The summed E-state index contributed by atoms with van der Waals surface area (Å²) in [5, 5.41) is 0. The predicted octanol–water partition coefficient (Wildman–Crippen LogP) is 2.78. The van der Waals surface area contributed by atoms with Crippen molar-refractivity contribution in [1.82, 2.24) is 4.90 Å². The zero-order valence-corrected chi connectivity index (χ0v) is 13.2. The molecule has 3 heteroatoms. The van der Waals surface area contributed by atoms with Crippen molar-refractivity contribution >= 4 is 0 Å². The SMILES string of the molecule is CCC(N)C(N1CCOC2CCCCC21)C(C)(C)C. The van der Waals surface area contributed by atoms with Crippen LogP contribution in [0.25, 0.3) is 0 Å². The van der Waals surface area contributed by atoms with Gasteiger partial charge in [-0.1, -0.05) is 40.5 Å². The van der Waals surface area contributed by atoms with Gasteiger partial charge in [-0.2, -0.15) is 0 Å². The van der Waals surface area contributed by atoms with E-state index in [1.165, 1.54) is 25.7 Å². The third-order valence-corrected chi connectivity index (χ3v) is 4.90. The highest BCUT2D eigenvalue weighted by Crippen LogP contribution is 2.36. The summed E-state index contributed by atoms with van der Waals surface area (Å²) in [4.78, 5) is 2.70. The zero-order valence-electron chi connectivity index (χ0n) is 13.2. The topological polar surface area (TPSA) is 38.5 Å². The number of ether oxygens (including phenoxy) is 1. The van der Waals surface area contributed by atoms with Crippen LogP contribution in [0.3, 0.4) is 0 Å². The van der Waals surface area contributed by atoms with Crippen LogP contribution in [0.4, 0.5) is 0 Å². The maximum Gasteiger partial charge on any atom is 0.0731 e. The molecule has 112 valence electrons. The minimum Gasteiger partial charge on any atom is -0.375 e. The lowest BCUT2D eigenvalue weighted by Gasteiger charge is -2.52. The molecule has 0 spiro atoms. The molecule has 1 aliphatic carbocycles. The summed E-state index contributed by atoms with van der Waals surface area (Å²) < 4.78 is 6.01. The van der Waals surface area contributed by atoms with Crippen LogP contribution in [0.5, 0.6) is 0 Å². The van der Waals surface area contributed by atoms with Gasteiger partial charge < -0.3 is 10.5 Å². The minimum atomic E-state index is 0.231. The normalized spacial score (nSPS) is 32.7. The van der Waals surface area contributed by atoms with Crippen LogP contribution in [0.1, 0.15) is 59.8 Å². The molecule has 1 saturated carbocycles. The van der Waals surface area contributed by atoms with Gasteiger partial charge in [0, 0.05) is 24.7 Å². The second kappa shape index (κ2) is 6.11. The smallest absolute Gasteiger partial charge is 0.0731 e. The van der Waals surface area contributed by atoms with E-state index >= 15 is 0 Å². The molecule has 1 heterocycles. The van der Waals surface area contributed by atoms with Gasteiger partial charge in [0.05, 0.1) is 12.7 Å². The molecule has 3 nitrogen and oxygen atoms in total. The summed E-state index contributed by atoms with van der Waals surface area (Å²) >= 11 is 0. The van der Waals surface area contributed by atoms with Crippen LogP contribution >= 0.6 is 0 Å². The van der Waals surface area contributed by atoms with Gasteiger partial charge in [0.1, 0.15) is 0 Å². The molecule has 2 aliphatic rings. The van der Waals surface area contributed by atoms with Crippen molar-refractivity contribution in [2.24, 2.45) is 11.1 Å². The average molecular weight is 268 g/mol. The standard InChI is InChI=1S/C16H32N2O/c1-5-12(17)15(16(2,3)4)18-10-11-19-14-9-7-6-8-13(14)18/h12-15H,5-11,17H2,1-4H3. The van der Waals surface area contributed by atoms with Gasteiger partial charge in [0.2, 0.25) is 0 Å². The molecule has 2 N–H and O–H groups in total. The molecule has 0 radical (unpaired) electrons. The van der Waals surface area contributed by atoms with E-state index in [2.05, 4.69) is 32.6 Å². The molecule has 0 bridgehead atoms. The Balaban J connectivity index is 2.19. The molecule has 0 aromatic heterocycles. The molecule has 2 fully saturated rings. The number of nitrogens with two attached hydrogens (primary N) is 1. The largest absolute Gasteiger partial charge is 0.375 e. The van der Waals surface area contributed by atoms with Gasteiger partial charge in [-0.25, -0.2) is 0 Å². The average Bonchev–Trinajstić information content (AvgIpc) is 2.37. The molecule has 2 rings (SSSR count). The van der Waals surface area contributed by atoms with Crippen LogP contribution < -0.4 is 5.73 Å². The molecular formula is C16H32N2O. The van der Waals surface area contributed by atoms with Gasteiger partial charge in [-0.3, -0.25) is 4.90 Å². The lowest BCUT2D eigenvalue weighted by atomic mass is 9.78. The van der Waals surface area contributed by atoms with Crippen molar-refractivity contribution in [2.75, 3.05) is 13.2 Å². The second-order valence-electron chi connectivity index (χ2n) is 7.38. The Hall–Kier alpha value is -0.120. The predicted molar refractivity (Wildman–Crippen MR) is 80.2 cm³/mol. The minimum absolute atomic E-state index is 0.231. The van der Waals surface area contributed by atoms with E-state index in [9.17, 15) is 0 Å². The number of hydrogen-bond acceptors (Lipinski definition) is 3. The van der Waals surface area contributed by atoms with E-state index in [1.54, 1.807) is 0 Å². The van der Waals surface area contributed by atoms with Crippen molar-refractivity contribution in [3.8, 4) is 0 Å². The molecular weight excluding hydrogens is 236 g/mol. The van der Waals surface area contributed by atoms with Gasteiger partial charge >= 0.3 is 0 Å². The van der Waals surface area contributed by atoms with Crippen molar-refractivity contribution in [3.63, 3.8) is 0 Å². The maximum atomic E-state index is 6.47. The van der Waals surface area contributed by atoms with E-state index < -0.39 is 0 Å². The fourth-order valence-corrected chi connectivity index (χ4v) is 4.08. The van der Waals surface area contributed by atoms with E-state index in [4.69, 9.17) is 10.5 Å². The van der Waals surface area contributed by atoms with E-state index in [-0.39, 0.29) is 11.5 Å². The third kappa shape index (κ3) is 3.32. The number of hydrogen-bond donors (Lipinski definition) is 1. The van der Waals surface area contributed by atoms with Crippen LogP contribution in [0.15, 0.2) is 0 Å². The maximum absolute atomic E-state index is 6.47. The molecule has 0 aromatic rings. The van der Waals surface area contributed by atoms with E-state index in [0.29, 0.717) is 18.2 Å². The monoisotopic (exact) mass is 268 g/mol. The molecule has 4 unspecified atom stereocenters. The molecule has 0 amide bonds. The molecule has 1 saturated heterocycles. The Kier molecular flexibility index (Phi) is 4.91. The Morgan fingerprint density at radius 3 is 2.58 bits per heavy atom. The second-order valence-corrected chi connectivity index (χ2v) is 7.38. The van der Waals surface area contributed by atoms with Crippen LogP contribution in [-0.4, -0.2) is 42.3 Å². The summed E-state index contributed by atoms with van der Waals surface area (Å²) in [6.45, 7) is 11.1. The van der Waals surface area contributed by atoms with Crippen LogP contribution in [-0.2, 0) is 4.74 Å². The highest BCUT2D eigenvalue weighted by molar-refractivity contribution is 4.98. The van der Waals surface area contributed by atoms with Crippen molar-refractivity contribution in [1.29, 1.82) is 0 Å². The summed E-state index contributed by atoms with van der Waals surface area (Å²) in [6, 6.07) is 1.33. The van der Waals surface area contributed by atoms with E-state index in [1.807, 2.05) is 0 Å². The van der Waals surface area contributed by atoms with E-state index in [0.717, 1.165) is 19.6 Å². The summed E-state index contributed by atoms with van der Waals surface area (Å²) in [7, 11) is 0. The van der Waals surface area contributed by atoms with Crippen molar-refractivity contribution < 1.29 is 4.74 Å². The molecule has 4 atom stereocenters. The third-order valence-electron chi connectivity index (χ3n) is 4.90. The first-order valence-electron chi connectivity index (χ1n) is 8.08. The first kappa shape index (κ1) is 15.3. The Morgan fingerprint density at radius 2 is 1.95 bits per heavy atom. The molecule has 19 heavy (non-hydrogen) atoms. The summed E-state index contributed by atoms with van der Waals surface area (Å²) in [6.07, 6.45) is 6.70. The summed E-state index contributed by atoms with van der Waals surface area (Å²) in [5.41, 5.74) is 6.70. The highest BCUT2D eigenvalue weighted by atomic mass is 16.5. The first-order chi connectivity index (χ1) is 8.95. The van der Waals surface area contributed by atoms with Gasteiger partial charge in [0.15, 0.2) is 0 Å². The zero-order chi connectivity index (χ0) is 14.0. The lowest BCUT2D eigenvalue weighted by Crippen LogP contribution is -2.63. The Bertz CT molecular complexity index is 285. The quantitative estimate of drug-likeness (QED) is 0.855. The van der Waals surface area contributed by atoms with Crippen LogP contribution in [0, 0.1) is 5.41 Å². The lowest BCUT2D eigenvalue weighted by molar-refractivity contribution is -0.120. The number of morpholine rings is 1. The number of fused-ring (bicyclic) bond motifs is 1. The Morgan fingerprint density at radius 1 is 1.26 bits per heavy atom. The van der Waals surface area contributed by atoms with Crippen molar-refractivity contribution in [2.45, 2.75) is 84.0 Å².